The van der Waals surface area contributed by atoms with Gasteiger partial charge in [-0.1, -0.05) is 115 Å². The molecule has 0 N–H and O–H groups in total. The molecule has 4 nitrogen and oxygen atoms in total. The number of nitriles is 2. The Morgan fingerprint density at radius 3 is 1.44 bits per heavy atom. The molecule has 4 heteroatoms. The van der Waals surface area contributed by atoms with Gasteiger partial charge in [-0.15, -0.1) is 0 Å². The second kappa shape index (κ2) is 10.9. The highest BCUT2D eigenvalue weighted by Crippen LogP contribution is 2.42. The largest absolute Gasteiger partial charge is 0.309 e. The van der Waals surface area contributed by atoms with Gasteiger partial charge >= 0.3 is 0 Å². The maximum atomic E-state index is 10.6. The Balaban J connectivity index is 1.32. The van der Waals surface area contributed by atoms with Crippen molar-refractivity contribution in [3.63, 3.8) is 0 Å². The van der Waals surface area contributed by atoms with E-state index in [4.69, 9.17) is 0 Å². The van der Waals surface area contributed by atoms with Gasteiger partial charge in [0.1, 0.15) is 12.1 Å². The summed E-state index contributed by atoms with van der Waals surface area (Å²) >= 11 is 0. The van der Waals surface area contributed by atoms with Crippen molar-refractivity contribution in [3.05, 3.63) is 169 Å². The number of hydrogen-bond donors (Lipinski definition) is 0. The van der Waals surface area contributed by atoms with E-state index in [1.54, 1.807) is 6.07 Å². The number of benzene rings is 7. The van der Waals surface area contributed by atoms with Gasteiger partial charge in [-0.2, -0.15) is 10.5 Å². The summed E-state index contributed by atoms with van der Waals surface area (Å²) in [6, 6.07) is 59.0. The lowest BCUT2D eigenvalue weighted by Gasteiger charge is -2.19. The molecule has 0 fully saturated rings. The molecule has 0 unspecified atom stereocenters. The molecule has 222 valence electrons. The molecule has 0 saturated carbocycles. The van der Waals surface area contributed by atoms with Crippen LogP contribution in [0.5, 0.6) is 0 Å². The molecule has 0 atom stereocenters. The quantitative estimate of drug-likeness (QED) is 0.199. The molecule has 0 radical (unpaired) electrons. The van der Waals surface area contributed by atoms with Crippen LogP contribution in [0.2, 0.25) is 0 Å². The molecule has 2 heterocycles. The van der Waals surface area contributed by atoms with Gasteiger partial charge in [-0.3, -0.25) is 0 Å². The molecular formula is C44H26N4. The highest BCUT2D eigenvalue weighted by molar-refractivity contribution is 6.11. The third kappa shape index (κ3) is 4.01. The molecule has 9 aromatic rings. The van der Waals surface area contributed by atoms with Crippen LogP contribution in [0, 0.1) is 22.7 Å². The molecule has 7 aromatic carbocycles. The first-order valence-corrected chi connectivity index (χ1v) is 15.9. The van der Waals surface area contributed by atoms with E-state index in [0.29, 0.717) is 16.8 Å². The van der Waals surface area contributed by atoms with E-state index in [9.17, 15) is 10.5 Å². The van der Waals surface area contributed by atoms with Crippen molar-refractivity contribution in [2.75, 3.05) is 0 Å². The zero-order valence-electron chi connectivity index (χ0n) is 25.8. The Hall–Kier alpha value is -6.88. The molecule has 9 rings (SSSR count). The van der Waals surface area contributed by atoms with E-state index in [0.717, 1.165) is 60.8 Å². The zero-order valence-corrected chi connectivity index (χ0v) is 25.8. The minimum Gasteiger partial charge on any atom is -0.309 e. The molecule has 0 aliphatic heterocycles. The van der Waals surface area contributed by atoms with E-state index in [1.807, 2.05) is 36.4 Å². The van der Waals surface area contributed by atoms with Crippen LogP contribution >= 0.6 is 0 Å². The van der Waals surface area contributed by atoms with Crippen LogP contribution in [-0.2, 0) is 0 Å². The second-order valence-electron chi connectivity index (χ2n) is 11.9. The summed E-state index contributed by atoms with van der Waals surface area (Å²) in [4.78, 5) is 0. The molecular weight excluding hydrogens is 585 g/mol. The summed E-state index contributed by atoms with van der Waals surface area (Å²) in [6.45, 7) is 0. The standard InChI is InChI=1S/C44H26N4/c45-27-30-24-25-38(44(39(30)28-46)48-42-22-9-5-18-36(42)37-19-6-10-23-43(37)48)33-15-2-1-14-32(33)29-12-11-13-31(26-29)47-40-20-7-3-16-34(40)35-17-4-8-21-41(35)47/h1-26H. The smallest absolute Gasteiger partial charge is 0.103 e. The van der Waals surface area contributed by atoms with Gasteiger partial charge in [-0.25, -0.2) is 0 Å². The second-order valence-corrected chi connectivity index (χ2v) is 11.9. The number of rotatable bonds is 4. The van der Waals surface area contributed by atoms with E-state index >= 15 is 0 Å². The van der Waals surface area contributed by atoms with Gasteiger partial charge in [0.25, 0.3) is 0 Å². The van der Waals surface area contributed by atoms with Crippen LogP contribution in [0.25, 0.3) is 77.2 Å². The zero-order chi connectivity index (χ0) is 32.2. The van der Waals surface area contributed by atoms with E-state index in [-0.39, 0.29) is 0 Å². The van der Waals surface area contributed by atoms with E-state index in [1.165, 1.54) is 10.8 Å². The Morgan fingerprint density at radius 2 is 0.896 bits per heavy atom. The van der Waals surface area contributed by atoms with Gasteiger partial charge < -0.3 is 9.13 Å². The number of aromatic nitrogens is 2. The number of fused-ring (bicyclic) bond motifs is 6. The summed E-state index contributed by atoms with van der Waals surface area (Å²) in [7, 11) is 0. The summed E-state index contributed by atoms with van der Waals surface area (Å²) in [6.07, 6.45) is 0. The first-order valence-electron chi connectivity index (χ1n) is 15.9. The fourth-order valence-electron chi connectivity index (χ4n) is 7.39. The average molecular weight is 611 g/mol. The molecule has 0 aliphatic carbocycles. The van der Waals surface area contributed by atoms with Crippen LogP contribution in [0.1, 0.15) is 11.1 Å². The lowest BCUT2D eigenvalue weighted by Crippen LogP contribution is -2.03. The van der Waals surface area contributed by atoms with Gasteiger partial charge in [0.2, 0.25) is 0 Å². The average Bonchev–Trinajstić information content (AvgIpc) is 3.67. The summed E-state index contributed by atoms with van der Waals surface area (Å²) in [5.74, 6) is 0. The summed E-state index contributed by atoms with van der Waals surface area (Å²) < 4.78 is 4.49. The highest BCUT2D eigenvalue weighted by Gasteiger charge is 2.23. The highest BCUT2D eigenvalue weighted by atomic mass is 15.0. The van der Waals surface area contributed by atoms with E-state index < -0.39 is 0 Å². The lowest BCUT2D eigenvalue weighted by molar-refractivity contribution is 1.16. The fourth-order valence-corrected chi connectivity index (χ4v) is 7.39. The molecule has 2 aromatic heterocycles. The Morgan fingerprint density at radius 1 is 0.396 bits per heavy atom. The van der Waals surface area contributed by atoms with E-state index in [2.05, 4.69) is 137 Å². The van der Waals surface area contributed by atoms with Crippen LogP contribution < -0.4 is 0 Å². The molecule has 48 heavy (non-hydrogen) atoms. The Kier molecular flexibility index (Phi) is 6.22. The molecule has 0 saturated heterocycles. The fraction of sp³-hybridized carbons (Fsp3) is 0. The van der Waals surface area contributed by atoms with Crippen molar-refractivity contribution < 1.29 is 0 Å². The summed E-state index contributed by atoms with van der Waals surface area (Å²) in [5, 5.41) is 25.4. The Labute approximate surface area is 277 Å². The number of nitrogens with zero attached hydrogens (tertiary/aromatic N) is 4. The third-order valence-corrected chi connectivity index (χ3v) is 9.43. The lowest BCUT2D eigenvalue weighted by atomic mass is 9.90. The number of para-hydroxylation sites is 4. The predicted molar refractivity (Wildman–Crippen MR) is 195 cm³/mol. The number of hydrogen-bond acceptors (Lipinski definition) is 2. The first kappa shape index (κ1) is 27.4. The van der Waals surface area contributed by atoms with Crippen LogP contribution in [-0.4, -0.2) is 9.13 Å². The molecule has 0 aliphatic rings. The Bertz CT molecular complexity index is 2710. The van der Waals surface area contributed by atoms with Crippen molar-refractivity contribution in [2.45, 2.75) is 0 Å². The minimum atomic E-state index is 0.351. The van der Waals surface area contributed by atoms with Crippen molar-refractivity contribution in [1.82, 2.24) is 9.13 Å². The van der Waals surface area contributed by atoms with Gasteiger partial charge in [0.05, 0.1) is 38.9 Å². The molecule has 0 spiro atoms. The first-order chi connectivity index (χ1) is 23.8. The van der Waals surface area contributed by atoms with Crippen molar-refractivity contribution in [3.8, 4) is 45.8 Å². The molecule has 0 amide bonds. The predicted octanol–water partition coefficient (Wildman–Crippen LogP) is 11.0. The van der Waals surface area contributed by atoms with Crippen LogP contribution in [0.3, 0.4) is 0 Å². The summed E-state index contributed by atoms with van der Waals surface area (Å²) in [5.41, 5.74) is 10.7. The van der Waals surface area contributed by atoms with Gasteiger partial charge in [0.15, 0.2) is 0 Å². The third-order valence-electron chi connectivity index (χ3n) is 9.43. The van der Waals surface area contributed by atoms with Gasteiger partial charge in [-0.05, 0) is 59.2 Å². The van der Waals surface area contributed by atoms with Crippen molar-refractivity contribution in [2.24, 2.45) is 0 Å². The van der Waals surface area contributed by atoms with Crippen molar-refractivity contribution in [1.29, 1.82) is 10.5 Å². The normalized spacial score (nSPS) is 11.3. The molecule has 0 bridgehead atoms. The SMILES string of the molecule is N#Cc1ccc(-c2ccccc2-c2cccc(-n3c4ccccc4c4ccccc43)c2)c(-n2c3ccccc3c3ccccc32)c1C#N. The van der Waals surface area contributed by atoms with Crippen LogP contribution in [0.15, 0.2) is 158 Å². The maximum absolute atomic E-state index is 10.6. The van der Waals surface area contributed by atoms with Crippen LogP contribution in [0.4, 0.5) is 0 Å². The monoisotopic (exact) mass is 610 g/mol. The maximum Gasteiger partial charge on any atom is 0.103 e. The topological polar surface area (TPSA) is 57.4 Å². The van der Waals surface area contributed by atoms with Gasteiger partial charge in [0, 0.05) is 32.8 Å². The van der Waals surface area contributed by atoms with Crippen molar-refractivity contribution >= 4 is 43.6 Å². The minimum absolute atomic E-state index is 0.351.